The smallest absolute Gasteiger partial charge is 0.169 e. The van der Waals surface area contributed by atoms with E-state index in [1.807, 2.05) is 30.3 Å². The molecular weight excluding hydrogens is 761 g/mol. The van der Waals surface area contributed by atoms with Crippen LogP contribution >= 0.6 is 11.3 Å². The van der Waals surface area contributed by atoms with Gasteiger partial charge in [0.25, 0.3) is 0 Å². The number of aliphatic imine (C=N–C) groups is 1. The van der Waals surface area contributed by atoms with Gasteiger partial charge in [-0.1, -0.05) is 140 Å². The Labute approximate surface area is 349 Å². The van der Waals surface area contributed by atoms with Crippen LogP contribution in [0.25, 0.3) is 80.4 Å². The number of benzene rings is 9. The Hall–Kier alpha value is -7.61. The molecule has 1 aromatic heterocycles. The van der Waals surface area contributed by atoms with Crippen molar-refractivity contribution in [1.29, 1.82) is 0 Å². The van der Waals surface area contributed by atoms with Crippen molar-refractivity contribution in [2.75, 3.05) is 0 Å². The lowest BCUT2D eigenvalue weighted by atomic mass is 9.92. The summed E-state index contributed by atoms with van der Waals surface area (Å²) >= 11 is 1.80. The van der Waals surface area contributed by atoms with Gasteiger partial charge in [-0.25, -0.2) is 4.99 Å². The fraction of sp³-hybridized carbons (Fsp3) is 0.0377. The van der Waals surface area contributed by atoms with Gasteiger partial charge < -0.3 is 26.2 Å². The summed E-state index contributed by atoms with van der Waals surface area (Å²) in [4.78, 5) is 4.94. The molecule has 6 N–H and O–H groups in total. The maximum absolute atomic E-state index is 10.6. The second-order valence-electron chi connectivity index (χ2n) is 15.1. The first-order valence-electron chi connectivity index (χ1n) is 19.7. The summed E-state index contributed by atoms with van der Waals surface area (Å²) in [5.74, 6) is -1.76. The molecule has 7 heteroatoms. The molecule has 10 rings (SSSR count). The second-order valence-corrected chi connectivity index (χ2v) is 16.2. The Kier molecular flexibility index (Phi) is 8.96. The average molecular weight is 799 g/mol. The van der Waals surface area contributed by atoms with E-state index in [4.69, 9.17) is 10.7 Å². The molecule has 6 nitrogen and oxygen atoms in total. The number of hydrogen-bond donors (Lipinski definition) is 5. The van der Waals surface area contributed by atoms with Crippen LogP contribution in [0.4, 0.5) is 0 Å². The molecule has 0 amide bonds. The van der Waals surface area contributed by atoms with E-state index in [9.17, 15) is 20.4 Å². The number of hydrogen-bond acceptors (Lipinski definition) is 6. The molecule has 10 aromatic rings. The van der Waals surface area contributed by atoms with E-state index >= 15 is 0 Å². The standard InChI is InChI=1S/C53H38N2O4S/c1-30-49(56)51(58)48(52(59)50(30)57)33-18-20-34(21-19-33)53(54)55-44(31-10-3-2-4-11-31)26-23-32-12-9-17-46-47(32)43-29-36(24-27-45(43)60-46)35-22-25-41-39-15-6-5-13-37(39)38-14-7-8-16-40(38)42(41)28-35/h2-22,24-29,56-59H,23H2,1H3,(H2,54,55)/b44-26-. The van der Waals surface area contributed by atoms with Crippen molar-refractivity contribution in [3.8, 4) is 45.3 Å². The van der Waals surface area contributed by atoms with Crippen molar-refractivity contribution in [2.24, 2.45) is 10.7 Å². The number of aromatic hydroxyl groups is 4. The lowest BCUT2D eigenvalue weighted by molar-refractivity contribution is 0.371. The van der Waals surface area contributed by atoms with Crippen LogP contribution in [0.2, 0.25) is 0 Å². The Bertz CT molecular complexity index is 3340. The van der Waals surface area contributed by atoms with Gasteiger partial charge in [-0.05, 0) is 97.7 Å². The summed E-state index contributed by atoms with van der Waals surface area (Å²) in [6.45, 7) is 1.40. The summed E-state index contributed by atoms with van der Waals surface area (Å²) in [7, 11) is 0. The second kappa shape index (κ2) is 14.6. The molecule has 9 aromatic carbocycles. The molecule has 0 fully saturated rings. The first-order valence-corrected chi connectivity index (χ1v) is 20.5. The highest BCUT2D eigenvalue weighted by Gasteiger charge is 2.22. The van der Waals surface area contributed by atoms with E-state index in [1.54, 1.807) is 35.6 Å². The van der Waals surface area contributed by atoms with Crippen molar-refractivity contribution in [3.63, 3.8) is 0 Å². The van der Waals surface area contributed by atoms with Gasteiger partial charge in [-0.15, -0.1) is 11.3 Å². The first kappa shape index (κ1) is 36.7. The Morgan fingerprint density at radius 2 is 1.07 bits per heavy atom. The summed E-state index contributed by atoms with van der Waals surface area (Å²) < 4.78 is 2.45. The molecule has 0 spiro atoms. The van der Waals surface area contributed by atoms with Crippen LogP contribution in [0.5, 0.6) is 23.0 Å². The molecule has 0 aliphatic heterocycles. The fourth-order valence-electron chi connectivity index (χ4n) is 8.47. The minimum atomic E-state index is -0.521. The number of phenols is 4. The predicted molar refractivity (Wildman–Crippen MR) is 249 cm³/mol. The predicted octanol–water partition coefficient (Wildman–Crippen LogP) is 13.0. The van der Waals surface area contributed by atoms with E-state index in [1.165, 1.54) is 76.1 Å². The molecule has 0 saturated carbocycles. The number of allylic oxidation sites excluding steroid dienone is 1. The average Bonchev–Trinajstić information content (AvgIpc) is 3.68. The molecule has 0 saturated heterocycles. The summed E-state index contributed by atoms with van der Waals surface area (Å²) in [6, 6.07) is 54.2. The van der Waals surface area contributed by atoms with Gasteiger partial charge in [0.2, 0.25) is 0 Å². The maximum atomic E-state index is 10.6. The molecule has 1 heterocycles. The Morgan fingerprint density at radius 1 is 0.517 bits per heavy atom. The normalized spacial score (nSPS) is 12.3. The zero-order chi connectivity index (χ0) is 41.1. The lowest BCUT2D eigenvalue weighted by Crippen LogP contribution is -2.13. The monoisotopic (exact) mass is 798 g/mol. The fourth-order valence-corrected chi connectivity index (χ4v) is 9.61. The van der Waals surface area contributed by atoms with Gasteiger partial charge >= 0.3 is 0 Å². The zero-order valence-corrected chi connectivity index (χ0v) is 33.3. The Balaban J connectivity index is 1.02. The lowest BCUT2D eigenvalue weighted by Gasteiger charge is -2.14. The maximum Gasteiger partial charge on any atom is 0.169 e. The third-order valence-electron chi connectivity index (χ3n) is 11.6. The van der Waals surface area contributed by atoms with E-state index in [2.05, 4.69) is 109 Å². The van der Waals surface area contributed by atoms with Crippen LogP contribution in [0, 0.1) is 6.92 Å². The molecule has 0 aliphatic carbocycles. The van der Waals surface area contributed by atoms with Crippen molar-refractivity contribution >= 4 is 75.4 Å². The van der Waals surface area contributed by atoms with Gasteiger partial charge in [-0.2, -0.15) is 0 Å². The van der Waals surface area contributed by atoms with E-state index < -0.39 is 23.0 Å². The number of rotatable bonds is 7. The highest BCUT2D eigenvalue weighted by molar-refractivity contribution is 7.25. The minimum Gasteiger partial charge on any atom is -0.504 e. The molecule has 0 unspecified atom stereocenters. The van der Waals surface area contributed by atoms with Gasteiger partial charge in [0, 0.05) is 31.3 Å². The number of phenolic OH excluding ortho intramolecular Hbond substituents is 4. The number of nitrogens with zero attached hydrogens (tertiary/aromatic N) is 1. The topological polar surface area (TPSA) is 119 Å². The highest BCUT2D eigenvalue weighted by Crippen LogP contribution is 2.51. The van der Waals surface area contributed by atoms with Crippen molar-refractivity contribution in [2.45, 2.75) is 13.3 Å². The zero-order valence-electron chi connectivity index (χ0n) is 32.5. The third kappa shape index (κ3) is 6.15. The van der Waals surface area contributed by atoms with Crippen LogP contribution in [-0.4, -0.2) is 26.3 Å². The minimum absolute atomic E-state index is 0.0147. The van der Waals surface area contributed by atoms with E-state index in [-0.39, 0.29) is 17.0 Å². The number of fused-ring (bicyclic) bond motifs is 9. The van der Waals surface area contributed by atoms with Crippen LogP contribution < -0.4 is 5.73 Å². The van der Waals surface area contributed by atoms with Gasteiger partial charge in [0.1, 0.15) is 5.84 Å². The molecule has 0 aliphatic rings. The summed E-state index contributed by atoms with van der Waals surface area (Å²) in [6.07, 6.45) is 2.73. The van der Waals surface area contributed by atoms with Crippen LogP contribution in [0.3, 0.4) is 0 Å². The molecular formula is C53H38N2O4S. The van der Waals surface area contributed by atoms with E-state index in [0.29, 0.717) is 23.2 Å². The molecule has 0 atom stereocenters. The van der Waals surface area contributed by atoms with Crippen molar-refractivity contribution in [1.82, 2.24) is 0 Å². The van der Waals surface area contributed by atoms with Crippen molar-refractivity contribution in [3.05, 3.63) is 186 Å². The molecule has 0 radical (unpaired) electrons. The summed E-state index contributed by atoms with van der Waals surface area (Å²) in [5.41, 5.74) is 12.7. The first-order chi connectivity index (χ1) is 29.2. The number of amidine groups is 1. The van der Waals surface area contributed by atoms with Gasteiger partial charge in [-0.3, -0.25) is 0 Å². The highest BCUT2D eigenvalue weighted by atomic mass is 32.1. The third-order valence-corrected chi connectivity index (χ3v) is 12.7. The van der Waals surface area contributed by atoms with Crippen molar-refractivity contribution < 1.29 is 20.4 Å². The quantitative estimate of drug-likeness (QED) is 0.0362. The molecule has 290 valence electrons. The van der Waals surface area contributed by atoms with Crippen LogP contribution in [0.15, 0.2) is 169 Å². The summed E-state index contributed by atoms with van der Waals surface area (Å²) in [5, 5.41) is 51.8. The Morgan fingerprint density at radius 3 is 1.72 bits per heavy atom. The SMILES string of the molecule is Cc1c(O)c(O)c(-c2ccc(C(N)=N/C(=C\Cc3cccc4sc5ccc(-c6ccc7c8ccccc8c8ccccc8c7c6)cc5c34)c3ccccc3)cc2)c(O)c1O. The van der Waals surface area contributed by atoms with Gasteiger partial charge in [0.05, 0.1) is 11.3 Å². The number of thiophene rings is 1. The van der Waals surface area contributed by atoms with E-state index in [0.717, 1.165) is 5.56 Å². The van der Waals surface area contributed by atoms with Crippen LogP contribution in [0.1, 0.15) is 22.3 Å². The molecule has 0 bridgehead atoms. The van der Waals surface area contributed by atoms with Gasteiger partial charge in [0.15, 0.2) is 23.0 Å². The largest absolute Gasteiger partial charge is 0.504 e. The molecule has 60 heavy (non-hydrogen) atoms. The number of nitrogens with two attached hydrogens (primary N) is 1. The van der Waals surface area contributed by atoms with Crippen LogP contribution in [-0.2, 0) is 6.42 Å².